The van der Waals surface area contributed by atoms with Crippen molar-refractivity contribution in [3.05, 3.63) is 70.1 Å². The summed E-state index contributed by atoms with van der Waals surface area (Å²) in [6, 6.07) is 8.41. The van der Waals surface area contributed by atoms with Gasteiger partial charge in [-0.2, -0.15) is 0 Å². The fourth-order valence-electron chi connectivity index (χ4n) is 4.63. The molecule has 3 aromatic rings. The number of nitrogens with zero attached hydrogens (tertiary/aromatic N) is 2. The Morgan fingerprint density at radius 2 is 1.95 bits per heavy atom. The van der Waals surface area contributed by atoms with Crippen molar-refractivity contribution in [2.45, 2.75) is 45.1 Å². The third-order valence-corrected chi connectivity index (χ3v) is 6.86. The first-order valence-corrected chi connectivity index (χ1v) is 12.3. The number of hydrogen-bond donors (Lipinski definition) is 1. The molecular formula is C27H26ClF2N3O5. The number of alkyl halides is 1. The molecule has 38 heavy (non-hydrogen) atoms. The highest BCUT2D eigenvalue weighted by Gasteiger charge is 2.39. The lowest BCUT2D eigenvalue weighted by Gasteiger charge is -2.24. The Labute approximate surface area is 222 Å². The summed E-state index contributed by atoms with van der Waals surface area (Å²) < 4.78 is 34.8. The fraction of sp³-hybridized carbons (Fsp3) is 0.333. The van der Waals surface area contributed by atoms with Crippen molar-refractivity contribution in [3.63, 3.8) is 0 Å². The fourth-order valence-corrected chi connectivity index (χ4v) is 4.82. The molecule has 2 amide bonds. The van der Waals surface area contributed by atoms with Gasteiger partial charge in [-0.05, 0) is 24.6 Å². The van der Waals surface area contributed by atoms with Crippen LogP contribution in [-0.4, -0.2) is 58.9 Å². The van der Waals surface area contributed by atoms with Gasteiger partial charge < -0.3 is 19.5 Å². The van der Waals surface area contributed by atoms with Gasteiger partial charge in [-0.15, -0.1) is 0 Å². The van der Waals surface area contributed by atoms with Crippen LogP contribution in [-0.2, 0) is 38.6 Å². The summed E-state index contributed by atoms with van der Waals surface area (Å²) in [6.45, 7) is 0.703. The summed E-state index contributed by atoms with van der Waals surface area (Å²) >= 11 is 5.79. The average Bonchev–Trinajstić information content (AvgIpc) is 3.45. The molecule has 4 rings (SSSR count). The second kappa shape index (κ2) is 11.3. The normalized spacial score (nSPS) is 17.0. The van der Waals surface area contributed by atoms with Crippen molar-refractivity contribution >= 4 is 46.1 Å². The maximum atomic E-state index is 14.4. The van der Waals surface area contributed by atoms with Gasteiger partial charge in [-0.25, -0.2) is 8.78 Å². The van der Waals surface area contributed by atoms with Crippen LogP contribution in [0, 0.1) is 5.82 Å². The summed E-state index contributed by atoms with van der Waals surface area (Å²) in [5, 5.41) is 3.08. The average molecular weight is 546 g/mol. The van der Waals surface area contributed by atoms with Crippen LogP contribution in [0.5, 0.6) is 0 Å². The van der Waals surface area contributed by atoms with Crippen LogP contribution in [0.25, 0.3) is 10.9 Å². The number of likely N-dealkylation sites (tertiary alicyclic amines) is 1. The Bertz CT molecular complexity index is 1420. The zero-order chi connectivity index (χ0) is 27.6. The number of carbonyl (C=O) groups is 4. The minimum Gasteiger partial charge on any atom is -0.469 e. The number of Topliss-reactive ketones (excluding diaryl/α,β-unsaturated/α-hetero) is 1. The number of ether oxygens (including phenoxy) is 1. The predicted molar refractivity (Wildman–Crippen MR) is 136 cm³/mol. The largest absolute Gasteiger partial charge is 0.469 e. The Kier molecular flexibility index (Phi) is 8.11. The molecule has 2 atom stereocenters. The number of rotatable bonds is 8. The first kappa shape index (κ1) is 27.3. The highest BCUT2D eigenvalue weighted by atomic mass is 35.5. The number of fused-ring (bicyclic) bond motifs is 1. The number of halogens is 3. The Morgan fingerprint density at radius 3 is 2.66 bits per heavy atom. The third-order valence-electron chi connectivity index (χ3n) is 6.57. The topological polar surface area (TPSA) is 97.7 Å². The molecule has 1 aliphatic heterocycles. The third kappa shape index (κ3) is 5.70. The van der Waals surface area contributed by atoms with Crippen molar-refractivity contribution in [1.82, 2.24) is 14.8 Å². The molecule has 1 saturated heterocycles. The number of esters is 1. The summed E-state index contributed by atoms with van der Waals surface area (Å²) in [5.41, 5.74) is 1.72. The van der Waals surface area contributed by atoms with E-state index < -0.39 is 35.8 Å². The van der Waals surface area contributed by atoms with Gasteiger partial charge in [0, 0.05) is 41.2 Å². The molecule has 0 unspecified atom stereocenters. The molecule has 0 aliphatic carbocycles. The zero-order valence-corrected chi connectivity index (χ0v) is 21.6. The molecule has 2 aromatic carbocycles. The number of methoxy groups -OCH3 is 1. The number of benzene rings is 2. The van der Waals surface area contributed by atoms with Crippen molar-refractivity contribution < 1.29 is 32.7 Å². The van der Waals surface area contributed by atoms with Crippen LogP contribution in [0.4, 0.5) is 8.78 Å². The first-order chi connectivity index (χ1) is 18.1. The monoisotopic (exact) mass is 545 g/mol. The molecule has 200 valence electrons. The molecule has 0 radical (unpaired) electrons. The molecular weight excluding hydrogens is 520 g/mol. The van der Waals surface area contributed by atoms with Crippen molar-refractivity contribution in [1.29, 1.82) is 0 Å². The van der Waals surface area contributed by atoms with Gasteiger partial charge in [0.25, 0.3) is 0 Å². The van der Waals surface area contributed by atoms with E-state index in [4.69, 9.17) is 16.3 Å². The molecule has 0 saturated carbocycles. The van der Waals surface area contributed by atoms with Gasteiger partial charge in [-0.1, -0.05) is 35.9 Å². The Morgan fingerprint density at radius 1 is 1.18 bits per heavy atom. The number of hydrogen-bond acceptors (Lipinski definition) is 5. The maximum absolute atomic E-state index is 14.4. The lowest BCUT2D eigenvalue weighted by molar-refractivity contribution is -0.139. The van der Waals surface area contributed by atoms with Crippen molar-refractivity contribution in [2.24, 2.45) is 0 Å². The van der Waals surface area contributed by atoms with Gasteiger partial charge in [0.2, 0.25) is 11.8 Å². The molecule has 1 fully saturated rings. The van der Waals surface area contributed by atoms with E-state index >= 15 is 0 Å². The maximum Gasteiger partial charge on any atom is 0.309 e. The quantitative estimate of drug-likeness (QED) is 0.344. The zero-order valence-electron chi connectivity index (χ0n) is 20.8. The molecule has 1 aliphatic rings. The van der Waals surface area contributed by atoms with E-state index in [0.717, 1.165) is 4.90 Å². The second-order valence-electron chi connectivity index (χ2n) is 9.16. The Balaban J connectivity index is 1.54. The van der Waals surface area contributed by atoms with Gasteiger partial charge in [-0.3, -0.25) is 19.2 Å². The highest BCUT2D eigenvalue weighted by molar-refractivity contribution is 6.30. The number of carbonyl (C=O) groups excluding carboxylic acids is 4. The van der Waals surface area contributed by atoms with E-state index in [0.29, 0.717) is 22.0 Å². The SMILES string of the molecule is COC(=O)Cc1ccc2c(C(C)=O)cn(CC(=O)N3C[C@H](F)C[C@H]3C(=O)NCc3cccc(Cl)c3F)c2c1. The van der Waals surface area contributed by atoms with Crippen LogP contribution < -0.4 is 5.32 Å². The van der Waals surface area contributed by atoms with Crippen molar-refractivity contribution in [2.75, 3.05) is 13.7 Å². The molecule has 1 aromatic heterocycles. The number of nitrogens with one attached hydrogen (secondary N) is 1. The lowest BCUT2D eigenvalue weighted by Crippen LogP contribution is -2.46. The van der Waals surface area contributed by atoms with Gasteiger partial charge in [0.1, 0.15) is 24.6 Å². The molecule has 1 N–H and O–H groups in total. The molecule has 0 spiro atoms. The van der Waals surface area contributed by atoms with E-state index in [1.54, 1.807) is 28.8 Å². The standard InChI is InChI=1S/C27H26ClF2N3O5/c1-15(34)20-13-32(22-8-16(6-7-19(20)22)9-25(36)38-2)14-24(35)33-12-18(29)10-23(33)27(37)31-11-17-4-3-5-21(28)26(17)30/h3-8,13,18,23H,9-12,14H2,1-2H3,(H,31,37)/t18-,23+/m1/s1. The molecule has 2 heterocycles. The first-order valence-electron chi connectivity index (χ1n) is 11.9. The van der Waals surface area contributed by atoms with Gasteiger partial charge >= 0.3 is 5.97 Å². The minimum absolute atomic E-state index is 0.00605. The smallest absolute Gasteiger partial charge is 0.309 e. The van der Waals surface area contributed by atoms with Crippen LogP contribution in [0.2, 0.25) is 5.02 Å². The van der Waals surface area contributed by atoms with Crippen LogP contribution in [0.3, 0.4) is 0 Å². The van der Waals surface area contributed by atoms with E-state index in [2.05, 4.69) is 5.32 Å². The number of aromatic nitrogens is 1. The summed E-state index contributed by atoms with van der Waals surface area (Å²) in [4.78, 5) is 51.3. The van der Waals surface area contributed by atoms with E-state index in [1.165, 1.54) is 32.4 Å². The summed E-state index contributed by atoms with van der Waals surface area (Å²) in [7, 11) is 1.28. The van der Waals surface area contributed by atoms with E-state index in [9.17, 15) is 28.0 Å². The van der Waals surface area contributed by atoms with Crippen LogP contribution in [0.1, 0.15) is 34.8 Å². The van der Waals surface area contributed by atoms with Crippen LogP contribution >= 0.6 is 11.6 Å². The predicted octanol–water partition coefficient (Wildman–Crippen LogP) is 3.61. The highest BCUT2D eigenvalue weighted by Crippen LogP contribution is 2.26. The summed E-state index contributed by atoms with van der Waals surface area (Å²) in [6.07, 6.45) is -0.0541. The van der Waals surface area contributed by atoms with Gasteiger partial charge in [0.05, 0.1) is 25.1 Å². The van der Waals surface area contributed by atoms with E-state index in [1.807, 2.05) is 0 Å². The summed E-state index contributed by atoms with van der Waals surface area (Å²) in [5.74, 6) is -2.45. The minimum atomic E-state index is -1.40. The van der Waals surface area contributed by atoms with Crippen LogP contribution in [0.15, 0.2) is 42.6 Å². The lowest BCUT2D eigenvalue weighted by atomic mass is 10.1. The number of amides is 2. The molecule has 8 nitrogen and oxygen atoms in total. The van der Waals surface area contributed by atoms with Crippen molar-refractivity contribution in [3.8, 4) is 0 Å². The van der Waals surface area contributed by atoms with E-state index in [-0.39, 0.29) is 48.8 Å². The molecule has 11 heteroatoms. The molecule has 0 bridgehead atoms. The van der Waals surface area contributed by atoms with Gasteiger partial charge in [0.15, 0.2) is 5.78 Å². The Hall–Kier alpha value is -3.79. The number of ketones is 1. The second-order valence-corrected chi connectivity index (χ2v) is 9.56.